The number of nitrogens with one attached hydrogen (secondary N) is 1. The van der Waals surface area contributed by atoms with E-state index in [4.69, 9.17) is 9.47 Å². The first-order chi connectivity index (χ1) is 11.5. The third-order valence-corrected chi connectivity index (χ3v) is 3.73. The molecule has 0 saturated heterocycles. The quantitative estimate of drug-likeness (QED) is 0.838. The van der Waals surface area contributed by atoms with Crippen LogP contribution in [0.5, 0.6) is 11.5 Å². The first kappa shape index (κ1) is 17.8. The maximum absolute atomic E-state index is 13.0. The van der Waals surface area contributed by atoms with Gasteiger partial charge in [-0.3, -0.25) is 4.79 Å². The fourth-order valence-corrected chi connectivity index (χ4v) is 2.28. The number of hydrogen-bond acceptors (Lipinski definition) is 3. The Kier molecular flexibility index (Phi) is 6.18. The first-order valence-electron chi connectivity index (χ1n) is 7.90. The largest absolute Gasteiger partial charge is 0.497 e. The van der Waals surface area contributed by atoms with E-state index < -0.39 is 6.10 Å². The topological polar surface area (TPSA) is 47.6 Å². The van der Waals surface area contributed by atoms with Gasteiger partial charge in [0, 0.05) is 0 Å². The fourth-order valence-electron chi connectivity index (χ4n) is 2.28. The highest BCUT2D eigenvalue weighted by atomic mass is 19.1. The maximum Gasteiger partial charge on any atom is 0.261 e. The first-order valence-corrected chi connectivity index (χ1v) is 7.90. The highest BCUT2D eigenvalue weighted by molar-refractivity contribution is 5.81. The Morgan fingerprint density at radius 2 is 1.67 bits per heavy atom. The maximum atomic E-state index is 13.0. The van der Waals surface area contributed by atoms with Crippen molar-refractivity contribution in [2.75, 3.05) is 7.11 Å². The molecule has 0 heterocycles. The minimum absolute atomic E-state index is 0.204. The molecule has 0 unspecified atom stereocenters. The van der Waals surface area contributed by atoms with Crippen LogP contribution in [0.25, 0.3) is 0 Å². The van der Waals surface area contributed by atoms with E-state index in [1.165, 1.54) is 12.1 Å². The monoisotopic (exact) mass is 331 g/mol. The number of ether oxygens (including phenoxy) is 2. The van der Waals surface area contributed by atoms with Crippen molar-refractivity contribution in [2.24, 2.45) is 0 Å². The summed E-state index contributed by atoms with van der Waals surface area (Å²) in [7, 11) is 1.59. The van der Waals surface area contributed by atoms with Crippen molar-refractivity contribution in [3.05, 3.63) is 59.9 Å². The average Bonchev–Trinajstić information content (AvgIpc) is 2.60. The lowest BCUT2D eigenvalue weighted by Crippen LogP contribution is -2.39. The zero-order valence-corrected chi connectivity index (χ0v) is 14.1. The second-order valence-electron chi connectivity index (χ2n) is 5.47. The minimum Gasteiger partial charge on any atom is -0.497 e. The van der Waals surface area contributed by atoms with Crippen molar-refractivity contribution >= 4 is 5.91 Å². The van der Waals surface area contributed by atoms with Gasteiger partial charge in [-0.15, -0.1) is 0 Å². The third kappa shape index (κ3) is 4.72. The van der Waals surface area contributed by atoms with Crippen molar-refractivity contribution in [3.63, 3.8) is 0 Å². The van der Waals surface area contributed by atoms with E-state index in [1.807, 2.05) is 13.8 Å². The van der Waals surface area contributed by atoms with Gasteiger partial charge in [-0.05, 0) is 55.3 Å². The molecule has 2 rings (SSSR count). The van der Waals surface area contributed by atoms with E-state index in [0.717, 1.165) is 11.3 Å². The van der Waals surface area contributed by atoms with Crippen LogP contribution >= 0.6 is 0 Å². The summed E-state index contributed by atoms with van der Waals surface area (Å²) in [6.45, 7) is 3.74. The summed E-state index contributed by atoms with van der Waals surface area (Å²) >= 11 is 0. The van der Waals surface area contributed by atoms with Gasteiger partial charge in [0.25, 0.3) is 5.91 Å². The molecule has 128 valence electrons. The number of methoxy groups -OCH3 is 1. The number of halogens is 1. The molecular weight excluding hydrogens is 309 g/mol. The van der Waals surface area contributed by atoms with Crippen molar-refractivity contribution in [3.8, 4) is 11.5 Å². The van der Waals surface area contributed by atoms with Crippen LogP contribution in [0.15, 0.2) is 48.5 Å². The van der Waals surface area contributed by atoms with E-state index in [1.54, 1.807) is 43.5 Å². The van der Waals surface area contributed by atoms with Gasteiger partial charge >= 0.3 is 0 Å². The Hall–Kier alpha value is -2.56. The minimum atomic E-state index is -0.596. The molecule has 24 heavy (non-hydrogen) atoms. The zero-order valence-electron chi connectivity index (χ0n) is 14.1. The Balaban J connectivity index is 1.98. The molecule has 2 atom stereocenters. The lowest BCUT2D eigenvalue weighted by molar-refractivity contribution is -0.128. The number of hydrogen-bond donors (Lipinski definition) is 1. The van der Waals surface area contributed by atoms with Gasteiger partial charge in [-0.25, -0.2) is 4.39 Å². The molecule has 5 heteroatoms. The Morgan fingerprint density at radius 1 is 1.08 bits per heavy atom. The zero-order chi connectivity index (χ0) is 17.5. The summed E-state index contributed by atoms with van der Waals surface area (Å²) in [5, 5.41) is 2.90. The van der Waals surface area contributed by atoms with E-state index >= 15 is 0 Å². The smallest absolute Gasteiger partial charge is 0.261 e. The second kappa shape index (κ2) is 8.34. The van der Waals surface area contributed by atoms with Crippen LogP contribution < -0.4 is 14.8 Å². The van der Waals surface area contributed by atoms with Crippen LogP contribution in [0.1, 0.15) is 31.9 Å². The number of amides is 1. The Bertz CT molecular complexity index is 655. The van der Waals surface area contributed by atoms with E-state index in [2.05, 4.69) is 5.32 Å². The standard InChI is InChI=1S/C19H22FNO3/c1-4-18(24-17-11-9-16(23-3)10-12-17)19(22)21-13(2)14-5-7-15(20)8-6-14/h5-13,18H,4H2,1-3H3,(H,21,22)/t13-,18+/m1/s1. The summed E-state index contributed by atoms with van der Waals surface area (Å²) in [5.41, 5.74) is 0.837. The molecule has 1 N–H and O–H groups in total. The summed E-state index contributed by atoms with van der Waals surface area (Å²) in [5.74, 6) is 0.828. The van der Waals surface area contributed by atoms with Crippen LogP contribution in [-0.4, -0.2) is 19.1 Å². The lowest BCUT2D eigenvalue weighted by Gasteiger charge is -2.21. The number of rotatable bonds is 7. The molecule has 0 radical (unpaired) electrons. The van der Waals surface area contributed by atoms with E-state index in [0.29, 0.717) is 12.2 Å². The SMILES string of the molecule is CC[C@H](Oc1ccc(OC)cc1)C(=O)N[C@H](C)c1ccc(F)cc1. The van der Waals surface area contributed by atoms with Crippen LogP contribution in [0, 0.1) is 5.82 Å². The molecule has 1 amide bonds. The lowest BCUT2D eigenvalue weighted by atomic mass is 10.1. The highest BCUT2D eigenvalue weighted by Crippen LogP contribution is 2.20. The number of carbonyl (C=O) groups is 1. The Morgan fingerprint density at radius 3 is 2.21 bits per heavy atom. The van der Waals surface area contributed by atoms with Gasteiger partial charge in [-0.2, -0.15) is 0 Å². The molecule has 0 aliphatic heterocycles. The van der Waals surface area contributed by atoms with Gasteiger partial charge in [-0.1, -0.05) is 19.1 Å². The molecular formula is C19H22FNO3. The van der Waals surface area contributed by atoms with Crippen molar-refractivity contribution in [1.29, 1.82) is 0 Å². The summed E-state index contributed by atoms with van der Waals surface area (Å²) in [6, 6.07) is 12.9. The Labute approximate surface area is 141 Å². The van der Waals surface area contributed by atoms with Gasteiger partial charge in [0.15, 0.2) is 6.10 Å². The molecule has 0 aliphatic carbocycles. The van der Waals surface area contributed by atoms with Crippen LogP contribution in [0.3, 0.4) is 0 Å². The molecule has 0 aliphatic rings. The summed E-state index contributed by atoms with van der Waals surface area (Å²) in [4.78, 5) is 12.4. The molecule has 0 bridgehead atoms. The molecule has 0 spiro atoms. The van der Waals surface area contributed by atoms with Gasteiger partial charge in [0.2, 0.25) is 0 Å². The number of benzene rings is 2. The van der Waals surface area contributed by atoms with Crippen molar-refractivity contribution < 1.29 is 18.7 Å². The van der Waals surface area contributed by atoms with Crippen LogP contribution in [0.4, 0.5) is 4.39 Å². The van der Waals surface area contributed by atoms with Gasteiger partial charge in [0.1, 0.15) is 17.3 Å². The van der Waals surface area contributed by atoms with Crippen molar-refractivity contribution in [1.82, 2.24) is 5.32 Å². The molecule has 2 aromatic carbocycles. The normalized spacial score (nSPS) is 13.0. The van der Waals surface area contributed by atoms with Gasteiger partial charge in [0.05, 0.1) is 13.2 Å². The average molecular weight is 331 g/mol. The highest BCUT2D eigenvalue weighted by Gasteiger charge is 2.20. The summed E-state index contributed by atoms with van der Waals surface area (Å²) < 4.78 is 23.8. The number of carbonyl (C=O) groups excluding carboxylic acids is 1. The summed E-state index contributed by atoms with van der Waals surface area (Å²) in [6.07, 6.45) is -0.0603. The van der Waals surface area contributed by atoms with Crippen LogP contribution in [-0.2, 0) is 4.79 Å². The predicted molar refractivity (Wildman–Crippen MR) is 90.7 cm³/mol. The predicted octanol–water partition coefficient (Wildman–Crippen LogP) is 3.87. The fraction of sp³-hybridized carbons (Fsp3) is 0.316. The van der Waals surface area contributed by atoms with E-state index in [9.17, 15) is 9.18 Å². The van der Waals surface area contributed by atoms with E-state index in [-0.39, 0.29) is 17.8 Å². The molecule has 0 fully saturated rings. The molecule has 2 aromatic rings. The van der Waals surface area contributed by atoms with Crippen LogP contribution in [0.2, 0.25) is 0 Å². The van der Waals surface area contributed by atoms with Crippen molar-refractivity contribution in [2.45, 2.75) is 32.4 Å². The molecule has 0 aromatic heterocycles. The third-order valence-electron chi connectivity index (χ3n) is 3.73. The van der Waals surface area contributed by atoms with Gasteiger partial charge < -0.3 is 14.8 Å². The molecule has 4 nitrogen and oxygen atoms in total. The second-order valence-corrected chi connectivity index (χ2v) is 5.47. The molecule has 0 saturated carbocycles.